The summed E-state index contributed by atoms with van der Waals surface area (Å²) in [6.07, 6.45) is 0. The van der Waals surface area contributed by atoms with Crippen molar-refractivity contribution in [3.05, 3.63) is 58.4 Å². The molecule has 0 saturated heterocycles. The number of aryl methyl sites for hydroxylation is 1. The Morgan fingerprint density at radius 1 is 1.16 bits per heavy atom. The Morgan fingerprint density at radius 3 is 2.56 bits per heavy atom. The summed E-state index contributed by atoms with van der Waals surface area (Å²) in [6, 6.07) is 13.6. The fourth-order valence-electron chi connectivity index (χ4n) is 2.97. The first-order chi connectivity index (χ1) is 12.1. The van der Waals surface area contributed by atoms with Crippen molar-refractivity contribution in [2.75, 3.05) is 14.2 Å². The number of fused-ring (bicyclic) bond motifs is 1. The summed E-state index contributed by atoms with van der Waals surface area (Å²) in [5.74, 6) is 1.19. The number of para-hydroxylation sites is 1. The lowest BCUT2D eigenvalue weighted by Crippen LogP contribution is -2.33. The number of aromatic nitrogens is 2. The first-order valence-corrected chi connectivity index (χ1v) is 10.2. The third-order valence-electron chi connectivity index (χ3n) is 4.19. The van der Waals surface area contributed by atoms with Crippen LogP contribution in [0.1, 0.15) is 10.6 Å². The minimum atomic E-state index is -3.28. The predicted octanol–water partition coefficient (Wildman–Crippen LogP) is 3.73. The van der Waals surface area contributed by atoms with Gasteiger partial charge >= 0.3 is 7.52 Å². The monoisotopic (exact) mass is 372 g/mol. The largest absolute Gasteiger partial charge is 0.332 e. The third kappa shape index (κ3) is 2.39. The Balaban J connectivity index is 2.02. The van der Waals surface area contributed by atoms with Gasteiger partial charge in [-0.05, 0) is 30.5 Å². The molecule has 1 aliphatic heterocycles. The van der Waals surface area contributed by atoms with Gasteiger partial charge in [-0.25, -0.2) is 9.67 Å². The van der Waals surface area contributed by atoms with E-state index >= 15 is 0 Å². The maximum atomic E-state index is 13.7. The SMILES string of the molecule is CO[P@]1(=O)c2c(C)nn(-c3ccccc3)c2N=C(c2cccs2)N1C. The second kappa shape index (κ2) is 5.95. The molecule has 3 aromatic rings. The zero-order chi connectivity index (χ0) is 17.6. The van der Waals surface area contributed by atoms with Crippen LogP contribution < -0.4 is 5.30 Å². The Kier molecular flexibility index (Phi) is 3.87. The molecule has 1 atom stereocenters. The second-order valence-corrected chi connectivity index (χ2v) is 9.05. The van der Waals surface area contributed by atoms with E-state index in [0.29, 0.717) is 22.7 Å². The zero-order valence-corrected chi connectivity index (χ0v) is 15.8. The van der Waals surface area contributed by atoms with Crippen LogP contribution in [0.5, 0.6) is 0 Å². The number of aliphatic imine (C=N–C) groups is 1. The standard InChI is InChI=1S/C17H17N4O2PS/c1-12-15-17(21(19-12)13-8-5-4-6-9-13)18-16(14-10-7-11-25-14)20(2)24(15,22)23-3/h4-11H,1-3H3/t24-/m1/s1. The average molecular weight is 372 g/mol. The Bertz CT molecular complexity index is 995. The number of rotatable bonds is 3. The Labute approximate surface area is 149 Å². The molecule has 25 heavy (non-hydrogen) atoms. The molecule has 0 spiro atoms. The first-order valence-electron chi connectivity index (χ1n) is 7.74. The summed E-state index contributed by atoms with van der Waals surface area (Å²) < 4.78 is 22.6. The molecule has 0 unspecified atom stereocenters. The van der Waals surface area contributed by atoms with Crippen LogP contribution in [0.25, 0.3) is 5.69 Å². The van der Waals surface area contributed by atoms with Gasteiger partial charge in [0, 0.05) is 14.2 Å². The van der Waals surface area contributed by atoms with Gasteiger partial charge in [-0.2, -0.15) is 5.10 Å². The maximum Gasteiger partial charge on any atom is 0.332 e. The van der Waals surface area contributed by atoms with Crippen LogP contribution in [0.3, 0.4) is 0 Å². The van der Waals surface area contributed by atoms with Crippen molar-refractivity contribution in [2.45, 2.75) is 6.92 Å². The number of amidine groups is 1. The van der Waals surface area contributed by atoms with E-state index in [9.17, 15) is 4.57 Å². The molecule has 0 amide bonds. The molecule has 1 aromatic carbocycles. The lowest BCUT2D eigenvalue weighted by molar-refractivity contribution is 0.371. The van der Waals surface area contributed by atoms with Crippen molar-refractivity contribution < 1.29 is 9.09 Å². The van der Waals surface area contributed by atoms with Crippen molar-refractivity contribution >= 4 is 35.8 Å². The molecule has 0 aliphatic carbocycles. The van der Waals surface area contributed by atoms with Crippen LogP contribution in [0.15, 0.2) is 52.8 Å². The lowest BCUT2D eigenvalue weighted by Gasteiger charge is -2.32. The van der Waals surface area contributed by atoms with Crippen LogP contribution in [0, 0.1) is 6.92 Å². The Hall–Kier alpha value is -2.21. The molecule has 128 valence electrons. The molecular weight excluding hydrogens is 355 g/mol. The van der Waals surface area contributed by atoms with Crippen LogP contribution >= 0.6 is 18.9 Å². The fourth-order valence-corrected chi connectivity index (χ4v) is 5.77. The average Bonchev–Trinajstić information content (AvgIpc) is 3.27. The van der Waals surface area contributed by atoms with Gasteiger partial charge in [-0.15, -0.1) is 11.3 Å². The predicted molar refractivity (Wildman–Crippen MR) is 101 cm³/mol. The third-order valence-corrected chi connectivity index (χ3v) is 7.62. The van der Waals surface area contributed by atoms with Gasteiger partial charge in [0.2, 0.25) is 0 Å². The van der Waals surface area contributed by atoms with Crippen molar-refractivity contribution in [2.24, 2.45) is 4.99 Å². The molecule has 1 aliphatic rings. The molecular formula is C17H17N4O2PS. The van der Waals surface area contributed by atoms with E-state index in [0.717, 1.165) is 10.6 Å². The maximum absolute atomic E-state index is 13.7. The van der Waals surface area contributed by atoms with Crippen LogP contribution in [0.2, 0.25) is 0 Å². The number of nitrogens with zero attached hydrogens (tertiary/aromatic N) is 4. The molecule has 0 saturated carbocycles. The van der Waals surface area contributed by atoms with Gasteiger partial charge in [0.1, 0.15) is 5.30 Å². The topological polar surface area (TPSA) is 59.7 Å². The van der Waals surface area contributed by atoms with Crippen molar-refractivity contribution in [3.63, 3.8) is 0 Å². The lowest BCUT2D eigenvalue weighted by atomic mass is 10.3. The molecule has 0 bridgehead atoms. The van der Waals surface area contributed by atoms with E-state index in [1.165, 1.54) is 7.11 Å². The van der Waals surface area contributed by atoms with Crippen LogP contribution in [0.4, 0.5) is 5.82 Å². The number of benzene rings is 1. The first kappa shape index (κ1) is 16.3. The van der Waals surface area contributed by atoms with Crippen LogP contribution in [-0.4, -0.2) is 34.4 Å². The Morgan fingerprint density at radius 2 is 1.92 bits per heavy atom. The van der Waals surface area contributed by atoms with Crippen LogP contribution in [-0.2, 0) is 9.09 Å². The van der Waals surface area contributed by atoms with Gasteiger partial charge in [0.05, 0.1) is 16.3 Å². The van der Waals surface area contributed by atoms with Gasteiger partial charge in [0.25, 0.3) is 0 Å². The smallest absolute Gasteiger partial charge is 0.313 e. The molecule has 8 heteroatoms. The summed E-state index contributed by atoms with van der Waals surface area (Å²) in [4.78, 5) is 5.74. The van der Waals surface area contributed by atoms with Gasteiger partial charge in [0.15, 0.2) is 11.7 Å². The van der Waals surface area contributed by atoms with E-state index in [-0.39, 0.29) is 0 Å². The highest BCUT2D eigenvalue weighted by atomic mass is 32.1. The van der Waals surface area contributed by atoms with E-state index in [1.54, 1.807) is 27.7 Å². The summed E-state index contributed by atoms with van der Waals surface area (Å²) in [5.41, 5.74) is 1.53. The van der Waals surface area contributed by atoms with Gasteiger partial charge < -0.3 is 4.52 Å². The quantitative estimate of drug-likeness (QED) is 0.658. The summed E-state index contributed by atoms with van der Waals surface area (Å²) >= 11 is 1.55. The minimum Gasteiger partial charge on any atom is -0.313 e. The van der Waals surface area contributed by atoms with E-state index in [2.05, 4.69) is 5.10 Å². The molecule has 4 rings (SSSR count). The van der Waals surface area contributed by atoms with Gasteiger partial charge in [-0.3, -0.25) is 9.24 Å². The van der Waals surface area contributed by atoms with E-state index < -0.39 is 7.52 Å². The number of hydrogen-bond acceptors (Lipinski definition) is 5. The van der Waals surface area contributed by atoms with Crippen molar-refractivity contribution in [1.29, 1.82) is 0 Å². The van der Waals surface area contributed by atoms with Crippen molar-refractivity contribution in [1.82, 2.24) is 14.5 Å². The zero-order valence-electron chi connectivity index (χ0n) is 14.1. The highest BCUT2D eigenvalue weighted by Crippen LogP contribution is 2.54. The second-order valence-electron chi connectivity index (χ2n) is 5.64. The number of hydrogen-bond donors (Lipinski definition) is 0. The minimum absolute atomic E-state index is 0.557. The molecule has 0 fully saturated rings. The van der Waals surface area contributed by atoms with E-state index in [1.807, 2.05) is 54.8 Å². The molecule has 3 heterocycles. The normalized spacial score (nSPS) is 19.6. The summed E-state index contributed by atoms with van der Waals surface area (Å²) in [5, 5.41) is 7.12. The van der Waals surface area contributed by atoms with E-state index in [4.69, 9.17) is 9.52 Å². The highest BCUT2D eigenvalue weighted by Gasteiger charge is 2.43. The highest BCUT2D eigenvalue weighted by molar-refractivity contribution is 7.66. The molecule has 0 radical (unpaired) electrons. The van der Waals surface area contributed by atoms with Crippen molar-refractivity contribution in [3.8, 4) is 5.69 Å². The fraction of sp³-hybridized carbons (Fsp3) is 0.176. The van der Waals surface area contributed by atoms with Gasteiger partial charge in [-0.1, -0.05) is 24.3 Å². The molecule has 2 aromatic heterocycles. The summed E-state index contributed by atoms with van der Waals surface area (Å²) in [6.45, 7) is 1.84. The summed E-state index contributed by atoms with van der Waals surface area (Å²) in [7, 11) is -0.0589. The molecule has 0 N–H and O–H groups in total. The number of thiophene rings is 1. The molecule has 6 nitrogen and oxygen atoms in total.